The lowest BCUT2D eigenvalue weighted by Crippen LogP contribution is -2.49. The molecule has 2 fully saturated rings. The molecule has 0 atom stereocenters. The molecule has 7 nitrogen and oxygen atoms in total. The Balaban J connectivity index is 1.20. The number of thiocarbonyl (C=S) groups is 1. The van der Waals surface area contributed by atoms with Gasteiger partial charge in [0.25, 0.3) is 5.69 Å². The van der Waals surface area contributed by atoms with Crippen molar-refractivity contribution in [3.05, 3.63) is 63.7 Å². The fourth-order valence-electron chi connectivity index (χ4n) is 5.00. The molecule has 0 unspecified atom stereocenters. The van der Waals surface area contributed by atoms with Crippen LogP contribution in [0, 0.1) is 10.1 Å². The molecule has 2 aromatic carbocycles. The summed E-state index contributed by atoms with van der Waals surface area (Å²) in [5.41, 5.74) is -2.26. The van der Waals surface area contributed by atoms with Gasteiger partial charge in [-0.25, -0.2) is 0 Å². The molecule has 2 aromatic rings. The summed E-state index contributed by atoms with van der Waals surface area (Å²) in [6.07, 6.45) is -6.67. The largest absolute Gasteiger partial charge is 0.423 e. The molecule has 1 heterocycles. The summed E-state index contributed by atoms with van der Waals surface area (Å²) in [6, 6.07) is 8.08. The summed E-state index contributed by atoms with van der Waals surface area (Å²) in [6.45, 7) is 2.40. The zero-order chi connectivity index (χ0) is 29.1. The van der Waals surface area contributed by atoms with Gasteiger partial charge in [-0.15, -0.1) is 0 Å². The van der Waals surface area contributed by atoms with Gasteiger partial charge in [-0.05, 0) is 56.0 Å². The number of rotatable bonds is 7. The monoisotopic (exact) mass is 590 g/mol. The minimum atomic E-state index is -4.84. The standard InChI is InChI=1S/C26H28F6N4O3S/c27-25(28,29)17-2-1-3-20(14-17)34-10-12-35(13-11-34)24(40)16-39-21-7-4-18(5-8-21)33-19-6-9-23(36(37)38)22(15-19)26(30,31)32/h1-3,6,9,14-15,18,21,33H,4-5,7-8,10-13,16H2. The zero-order valence-corrected chi connectivity index (χ0v) is 22.1. The summed E-state index contributed by atoms with van der Waals surface area (Å²) in [7, 11) is 0. The van der Waals surface area contributed by atoms with Crippen LogP contribution in [-0.4, -0.2) is 59.7 Å². The number of alkyl halides is 6. The molecule has 1 N–H and O–H groups in total. The van der Waals surface area contributed by atoms with Crippen LogP contribution in [0.2, 0.25) is 0 Å². The Kier molecular flexibility index (Phi) is 9.08. The summed E-state index contributed by atoms with van der Waals surface area (Å²) < 4.78 is 84.8. The Morgan fingerprint density at radius 2 is 1.65 bits per heavy atom. The molecule has 0 aromatic heterocycles. The number of nitro benzene ring substituents is 1. The van der Waals surface area contributed by atoms with E-state index in [9.17, 15) is 36.5 Å². The first-order valence-electron chi connectivity index (χ1n) is 12.7. The molecule has 1 saturated carbocycles. The number of halogens is 6. The first-order valence-corrected chi connectivity index (χ1v) is 13.2. The third kappa shape index (κ3) is 7.53. The summed E-state index contributed by atoms with van der Waals surface area (Å²) in [5.74, 6) is 0. The number of hydrogen-bond donors (Lipinski definition) is 1. The van der Waals surface area contributed by atoms with Gasteiger partial charge in [0.15, 0.2) is 0 Å². The minimum absolute atomic E-state index is 0.0648. The Morgan fingerprint density at radius 3 is 2.25 bits per heavy atom. The van der Waals surface area contributed by atoms with Crippen LogP contribution in [0.3, 0.4) is 0 Å². The molecule has 2 aliphatic rings. The van der Waals surface area contributed by atoms with E-state index in [4.69, 9.17) is 17.0 Å². The topological polar surface area (TPSA) is 70.9 Å². The maximum Gasteiger partial charge on any atom is 0.423 e. The predicted molar refractivity (Wildman–Crippen MR) is 142 cm³/mol. The zero-order valence-electron chi connectivity index (χ0n) is 21.3. The van der Waals surface area contributed by atoms with Crippen molar-refractivity contribution in [2.45, 2.75) is 50.2 Å². The van der Waals surface area contributed by atoms with E-state index in [1.807, 2.05) is 9.80 Å². The van der Waals surface area contributed by atoms with E-state index < -0.39 is 34.1 Å². The van der Waals surface area contributed by atoms with E-state index in [1.54, 1.807) is 6.07 Å². The highest BCUT2D eigenvalue weighted by atomic mass is 32.1. The fourth-order valence-corrected chi connectivity index (χ4v) is 5.25. The van der Waals surface area contributed by atoms with Gasteiger partial charge in [0.05, 0.1) is 23.2 Å². The fraction of sp³-hybridized carbons (Fsp3) is 0.500. The van der Waals surface area contributed by atoms with Crippen molar-refractivity contribution in [1.29, 1.82) is 0 Å². The van der Waals surface area contributed by atoms with Crippen LogP contribution in [-0.2, 0) is 17.1 Å². The van der Waals surface area contributed by atoms with Crippen molar-refractivity contribution in [3.8, 4) is 0 Å². The second-order valence-electron chi connectivity index (χ2n) is 9.83. The third-order valence-electron chi connectivity index (χ3n) is 7.16. The molecule has 1 aliphatic carbocycles. The summed E-state index contributed by atoms with van der Waals surface area (Å²) in [5, 5.41) is 14.0. The van der Waals surface area contributed by atoms with Crippen molar-refractivity contribution in [3.63, 3.8) is 0 Å². The highest BCUT2D eigenvalue weighted by molar-refractivity contribution is 7.80. The molecular formula is C26H28F6N4O3S. The molecule has 4 rings (SSSR count). The Labute approximate surface area is 232 Å². The highest BCUT2D eigenvalue weighted by Gasteiger charge is 2.38. The molecule has 218 valence electrons. The van der Waals surface area contributed by atoms with Crippen LogP contribution in [0.5, 0.6) is 0 Å². The molecule has 0 bridgehead atoms. The van der Waals surface area contributed by atoms with Crippen LogP contribution in [0.1, 0.15) is 36.8 Å². The number of hydrogen-bond acceptors (Lipinski definition) is 6. The molecule has 0 spiro atoms. The summed E-state index contributed by atoms with van der Waals surface area (Å²) >= 11 is 5.53. The maximum absolute atomic E-state index is 13.3. The molecule has 40 heavy (non-hydrogen) atoms. The average molecular weight is 591 g/mol. The molecule has 0 amide bonds. The van der Waals surface area contributed by atoms with Gasteiger partial charge >= 0.3 is 12.4 Å². The number of piperazine rings is 1. The van der Waals surface area contributed by atoms with Gasteiger partial charge in [-0.1, -0.05) is 18.3 Å². The van der Waals surface area contributed by atoms with Crippen molar-refractivity contribution in [2.24, 2.45) is 0 Å². The number of benzene rings is 2. The van der Waals surface area contributed by atoms with E-state index in [2.05, 4.69) is 5.32 Å². The van der Waals surface area contributed by atoms with E-state index in [-0.39, 0.29) is 24.4 Å². The lowest BCUT2D eigenvalue weighted by molar-refractivity contribution is -0.388. The first-order chi connectivity index (χ1) is 18.8. The highest BCUT2D eigenvalue weighted by Crippen LogP contribution is 2.38. The Morgan fingerprint density at radius 1 is 0.975 bits per heavy atom. The lowest BCUT2D eigenvalue weighted by atomic mass is 9.92. The number of ether oxygens (including phenoxy) is 1. The van der Waals surface area contributed by atoms with Crippen molar-refractivity contribution < 1.29 is 36.0 Å². The van der Waals surface area contributed by atoms with Gasteiger partial charge in [0, 0.05) is 49.7 Å². The van der Waals surface area contributed by atoms with Crippen molar-refractivity contribution in [1.82, 2.24) is 4.90 Å². The van der Waals surface area contributed by atoms with Gasteiger partial charge in [0.2, 0.25) is 0 Å². The van der Waals surface area contributed by atoms with Crippen molar-refractivity contribution >= 4 is 34.3 Å². The molecule has 1 saturated heterocycles. The maximum atomic E-state index is 13.3. The smallest absolute Gasteiger partial charge is 0.382 e. The Hall–Kier alpha value is -3.13. The Bertz CT molecular complexity index is 1210. The number of nitrogens with one attached hydrogen (secondary N) is 1. The van der Waals surface area contributed by atoms with Crippen LogP contribution >= 0.6 is 12.2 Å². The molecular weight excluding hydrogens is 562 g/mol. The van der Waals surface area contributed by atoms with E-state index in [0.717, 1.165) is 24.3 Å². The van der Waals surface area contributed by atoms with Gasteiger partial charge in [0.1, 0.15) is 10.6 Å². The van der Waals surface area contributed by atoms with Gasteiger partial charge < -0.3 is 19.9 Å². The summed E-state index contributed by atoms with van der Waals surface area (Å²) in [4.78, 5) is 14.4. The molecule has 1 aliphatic heterocycles. The average Bonchev–Trinajstić information content (AvgIpc) is 2.91. The van der Waals surface area contributed by atoms with E-state index >= 15 is 0 Å². The number of nitro groups is 1. The first kappa shape index (κ1) is 29.8. The SMILES string of the molecule is O=[N+]([O-])c1ccc(NC2CCC(OCC(=S)N3CCN(c4cccc(C(F)(F)F)c4)CC3)CC2)cc1C(F)(F)F. The predicted octanol–water partition coefficient (Wildman–Crippen LogP) is 6.52. The van der Waals surface area contributed by atoms with Crippen molar-refractivity contribution in [2.75, 3.05) is 43.0 Å². The van der Waals surface area contributed by atoms with E-state index in [0.29, 0.717) is 62.5 Å². The van der Waals surface area contributed by atoms with Crippen LogP contribution in [0.15, 0.2) is 42.5 Å². The lowest BCUT2D eigenvalue weighted by Gasteiger charge is -2.38. The van der Waals surface area contributed by atoms with Gasteiger partial charge in [-0.3, -0.25) is 10.1 Å². The van der Waals surface area contributed by atoms with Gasteiger partial charge in [-0.2, -0.15) is 26.3 Å². The second kappa shape index (κ2) is 12.2. The molecule has 14 heteroatoms. The second-order valence-corrected chi connectivity index (χ2v) is 10.3. The quantitative estimate of drug-likeness (QED) is 0.170. The van der Waals surface area contributed by atoms with E-state index in [1.165, 1.54) is 12.1 Å². The minimum Gasteiger partial charge on any atom is -0.382 e. The van der Waals surface area contributed by atoms with Crippen LogP contribution in [0.4, 0.5) is 43.4 Å². The molecule has 0 radical (unpaired) electrons. The van der Waals surface area contributed by atoms with Crippen LogP contribution < -0.4 is 10.2 Å². The number of anilines is 2. The normalized spacial score (nSPS) is 20.4. The number of nitrogens with zero attached hydrogens (tertiary/aromatic N) is 3. The third-order valence-corrected chi connectivity index (χ3v) is 7.53. The van der Waals surface area contributed by atoms with Crippen LogP contribution in [0.25, 0.3) is 0 Å².